The number of hydrogen-bond acceptors (Lipinski definition) is 7. The molecule has 0 spiro atoms. The summed E-state index contributed by atoms with van der Waals surface area (Å²) >= 11 is 1.26. The van der Waals surface area contributed by atoms with Crippen molar-refractivity contribution in [2.45, 2.75) is 6.54 Å². The van der Waals surface area contributed by atoms with Crippen LogP contribution in [-0.4, -0.2) is 26.1 Å². The van der Waals surface area contributed by atoms with Crippen molar-refractivity contribution < 1.29 is 4.79 Å². The number of nitrogens with one attached hydrogen (secondary N) is 2. The van der Waals surface area contributed by atoms with Crippen molar-refractivity contribution in [1.29, 1.82) is 0 Å². The van der Waals surface area contributed by atoms with Crippen molar-refractivity contribution in [1.82, 2.24) is 20.2 Å². The molecule has 26 heavy (non-hydrogen) atoms. The standard InChI is InChI=1S/C18H14N6OS/c25-17(23-18-24-22-11-26-18)14-6-7-15(21-10-14)20-9-13-4-1-3-12-5-2-8-19-16(12)13/h1-8,10-11H,9H2,(H,20,21)(H,23,24,25). The lowest BCUT2D eigenvalue weighted by atomic mass is 10.1. The molecule has 0 saturated carbocycles. The van der Waals surface area contributed by atoms with Gasteiger partial charge in [-0.2, -0.15) is 0 Å². The van der Waals surface area contributed by atoms with E-state index in [0.717, 1.165) is 16.5 Å². The van der Waals surface area contributed by atoms with Crippen LogP contribution in [0.5, 0.6) is 0 Å². The minimum Gasteiger partial charge on any atom is -0.366 e. The number of amides is 1. The molecule has 8 heteroatoms. The van der Waals surface area contributed by atoms with Gasteiger partial charge in [-0.3, -0.25) is 15.1 Å². The van der Waals surface area contributed by atoms with Gasteiger partial charge >= 0.3 is 0 Å². The lowest BCUT2D eigenvalue weighted by molar-refractivity contribution is 0.102. The number of benzene rings is 1. The first-order chi connectivity index (χ1) is 12.8. The van der Waals surface area contributed by atoms with Gasteiger partial charge in [-0.15, -0.1) is 10.2 Å². The Bertz CT molecular complexity index is 1030. The molecule has 1 amide bonds. The number of carbonyl (C=O) groups excluding carboxylic acids is 1. The van der Waals surface area contributed by atoms with Gasteiger partial charge in [0, 0.05) is 24.3 Å². The molecule has 0 unspecified atom stereocenters. The molecule has 0 radical (unpaired) electrons. The largest absolute Gasteiger partial charge is 0.366 e. The first kappa shape index (κ1) is 16.1. The molecule has 0 saturated heterocycles. The molecule has 0 aliphatic rings. The maximum absolute atomic E-state index is 12.1. The van der Waals surface area contributed by atoms with Gasteiger partial charge in [0.1, 0.15) is 11.3 Å². The average Bonchev–Trinajstić information content (AvgIpc) is 3.19. The molecule has 1 aromatic carbocycles. The number of fused-ring (bicyclic) bond motifs is 1. The molecule has 0 aliphatic carbocycles. The highest BCUT2D eigenvalue weighted by molar-refractivity contribution is 7.13. The van der Waals surface area contributed by atoms with Crippen molar-refractivity contribution in [3.05, 3.63) is 71.5 Å². The van der Waals surface area contributed by atoms with Crippen LogP contribution in [0.2, 0.25) is 0 Å². The molecule has 3 heterocycles. The fourth-order valence-corrected chi connectivity index (χ4v) is 2.97. The summed E-state index contributed by atoms with van der Waals surface area (Å²) in [5.74, 6) is 0.421. The second kappa shape index (κ2) is 7.24. The highest BCUT2D eigenvalue weighted by Crippen LogP contribution is 2.17. The monoisotopic (exact) mass is 362 g/mol. The predicted octanol–water partition coefficient (Wildman–Crippen LogP) is 3.35. The Kier molecular flexibility index (Phi) is 4.48. The summed E-state index contributed by atoms with van der Waals surface area (Å²) in [6.07, 6.45) is 3.31. The summed E-state index contributed by atoms with van der Waals surface area (Å²) in [4.78, 5) is 20.9. The third-order valence-electron chi connectivity index (χ3n) is 3.78. The Morgan fingerprint density at radius 1 is 1.08 bits per heavy atom. The van der Waals surface area contributed by atoms with Crippen LogP contribution in [0.4, 0.5) is 10.9 Å². The number of para-hydroxylation sites is 1. The lowest BCUT2D eigenvalue weighted by Crippen LogP contribution is -2.12. The SMILES string of the molecule is O=C(Nc1nncs1)c1ccc(NCc2cccc3cccnc23)nc1. The summed E-state index contributed by atoms with van der Waals surface area (Å²) in [6.45, 7) is 0.595. The zero-order valence-electron chi connectivity index (χ0n) is 13.6. The molecule has 7 nitrogen and oxygen atoms in total. The fraction of sp³-hybridized carbons (Fsp3) is 0.0556. The summed E-state index contributed by atoms with van der Waals surface area (Å²) in [6, 6.07) is 13.5. The molecular formula is C18H14N6OS. The van der Waals surface area contributed by atoms with E-state index in [1.165, 1.54) is 17.5 Å². The zero-order valence-corrected chi connectivity index (χ0v) is 14.4. The van der Waals surface area contributed by atoms with Gasteiger partial charge in [-0.05, 0) is 23.8 Å². The maximum Gasteiger partial charge on any atom is 0.259 e. The second-order valence-electron chi connectivity index (χ2n) is 5.48. The van der Waals surface area contributed by atoms with Gasteiger partial charge in [0.15, 0.2) is 0 Å². The van der Waals surface area contributed by atoms with Crippen LogP contribution in [-0.2, 0) is 6.54 Å². The fourth-order valence-electron chi connectivity index (χ4n) is 2.53. The van der Waals surface area contributed by atoms with E-state index in [4.69, 9.17) is 0 Å². The number of pyridine rings is 2. The Hall–Kier alpha value is -3.39. The molecule has 0 bridgehead atoms. The normalized spacial score (nSPS) is 10.6. The van der Waals surface area contributed by atoms with Crippen LogP contribution in [0.15, 0.2) is 60.4 Å². The quantitative estimate of drug-likeness (QED) is 0.566. The van der Waals surface area contributed by atoms with Crippen LogP contribution in [0.3, 0.4) is 0 Å². The lowest BCUT2D eigenvalue weighted by Gasteiger charge is -2.08. The first-order valence-electron chi connectivity index (χ1n) is 7.90. The number of nitrogens with zero attached hydrogens (tertiary/aromatic N) is 4. The number of carbonyl (C=O) groups is 1. The van der Waals surface area contributed by atoms with Gasteiger partial charge in [-0.25, -0.2) is 4.98 Å². The van der Waals surface area contributed by atoms with Crippen molar-refractivity contribution in [2.75, 3.05) is 10.6 Å². The highest BCUT2D eigenvalue weighted by Gasteiger charge is 2.09. The van der Waals surface area contributed by atoms with E-state index in [-0.39, 0.29) is 5.91 Å². The van der Waals surface area contributed by atoms with E-state index in [1.54, 1.807) is 23.8 Å². The van der Waals surface area contributed by atoms with E-state index < -0.39 is 0 Å². The van der Waals surface area contributed by atoms with Crippen LogP contribution >= 0.6 is 11.3 Å². The molecule has 4 aromatic rings. The van der Waals surface area contributed by atoms with E-state index in [9.17, 15) is 4.79 Å². The van der Waals surface area contributed by atoms with Crippen LogP contribution in [0.25, 0.3) is 10.9 Å². The van der Waals surface area contributed by atoms with Crippen LogP contribution < -0.4 is 10.6 Å². The zero-order chi connectivity index (χ0) is 17.8. The van der Waals surface area contributed by atoms with E-state index in [1.807, 2.05) is 30.3 Å². The Morgan fingerprint density at radius 2 is 2.00 bits per heavy atom. The topological polar surface area (TPSA) is 92.7 Å². The smallest absolute Gasteiger partial charge is 0.259 e. The molecule has 3 aromatic heterocycles. The number of aromatic nitrogens is 4. The highest BCUT2D eigenvalue weighted by atomic mass is 32.1. The van der Waals surface area contributed by atoms with Gasteiger partial charge in [0.25, 0.3) is 5.91 Å². The Labute approximate surface area is 153 Å². The molecule has 0 atom stereocenters. The average molecular weight is 362 g/mol. The van der Waals surface area contributed by atoms with Gasteiger partial charge in [0.2, 0.25) is 5.13 Å². The van der Waals surface area contributed by atoms with Gasteiger partial charge < -0.3 is 5.32 Å². The number of anilines is 2. The Balaban J connectivity index is 1.43. The van der Waals surface area contributed by atoms with Gasteiger partial charge in [-0.1, -0.05) is 35.6 Å². The molecule has 0 aliphatic heterocycles. The van der Waals surface area contributed by atoms with Crippen LogP contribution in [0.1, 0.15) is 15.9 Å². The first-order valence-corrected chi connectivity index (χ1v) is 8.77. The van der Waals surface area contributed by atoms with E-state index in [0.29, 0.717) is 23.1 Å². The minimum absolute atomic E-state index is 0.265. The Morgan fingerprint density at radius 3 is 2.81 bits per heavy atom. The van der Waals surface area contributed by atoms with Crippen molar-refractivity contribution in [2.24, 2.45) is 0 Å². The number of rotatable bonds is 5. The third-order valence-corrected chi connectivity index (χ3v) is 4.39. The second-order valence-corrected chi connectivity index (χ2v) is 6.31. The van der Waals surface area contributed by atoms with E-state index in [2.05, 4.69) is 30.8 Å². The molecule has 0 fully saturated rings. The summed E-state index contributed by atoms with van der Waals surface area (Å²) in [5, 5.41) is 15.0. The maximum atomic E-state index is 12.1. The van der Waals surface area contributed by atoms with Crippen molar-refractivity contribution in [3.63, 3.8) is 0 Å². The molecule has 4 rings (SSSR count). The van der Waals surface area contributed by atoms with E-state index >= 15 is 0 Å². The van der Waals surface area contributed by atoms with Crippen molar-refractivity contribution >= 4 is 39.1 Å². The molecule has 128 valence electrons. The van der Waals surface area contributed by atoms with Gasteiger partial charge in [0.05, 0.1) is 11.1 Å². The third kappa shape index (κ3) is 3.50. The molecular weight excluding hydrogens is 348 g/mol. The summed E-state index contributed by atoms with van der Waals surface area (Å²) in [7, 11) is 0. The van der Waals surface area contributed by atoms with Crippen LogP contribution in [0, 0.1) is 0 Å². The number of hydrogen-bond donors (Lipinski definition) is 2. The summed E-state index contributed by atoms with van der Waals surface area (Å²) in [5.41, 5.74) is 4.07. The molecule has 2 N–H and O–H groups in total. The predicted molar refractivity (Wildman–Crippen MR) is 101 cm³/mol. The summed E-state index contributed by atoms with van der Waals surface area (Å²) < 4.78 is 0. The minimum atomic E-state index is -0.265. The van der Waals surface area contributed by atoms with Crippen molar-refractivity contribution in [3.8, 4) is 0 Å².